The van der Waals surface area contributed by atoms with Crippen LogP contribution in [-0.2, 0) is 46.3 Å². The smallest absolute Gasteiger partial charge is 0.408 e. The summed E-state index contributed by atoms with van der Waals surface area (Å²) in [5, 5.41) is 16.9. The van der Waals surface area contributed by atoms with Crippen LogP contribution in [0.1, 0.15) is 111 Å². The number of amides is 7. The molecule has 63 heavy (non-hydrogen) atoms. The van der Waals surface area contributed by atoms with Gasteiger partial charge in [0.1, 0.15) is 35.4 Å². The Morgan fingerprint density at radius 2 is 1.14 bits per heavy atom. The molecule has 3 rings (SSSR count). The Morgan fingerprint density at radius 1 is 0.651 bits per heavy atom. The van der Waals surface area contributed by atoms with Gasteiger partial charge in [-0.2, -0.15) is 0 Å². The highest BCUT2D eigenvalue weighted by Crippen LogP contribution is 2.14. The van der Waals surface area contributed by atoms with Crippen molar-refractivity contribution in [2.24, 2.45) is 5.92 Å². The van der Waals surface area contributed by atoms with Gasteiger partial charge in [-0.15, -0.1) is 0 Å². The zero-order valence-corrected chi connectivity index (χ0v) is 38.5. The molecule has 2 aromatic rings. The van der Waals surface area contributed by atoms with Crippen LogP contribution in [0.3, 0.4) is 0 Å². The molecule has 1 aliphatic rings. The van der Waals surface area contributed by atoms with Crippen molar-refractivity contribution in [2.75, 3.05) is 26.2 Å². The first kappa shape index (κ1) is 51.7. The summed E-state index contributed by atoms with van der Waals surface area (Å²) in [6.45, 7) is 15.7. The second-order valence-corrected chi connectivity index (χ2v) is 18.4. The van der Waals surface area contributed by atoms with Gasteiger partial charge in [-0.3, -0.25) is 24.0 Å². The summed E-state index contributed by atoms with van der Waals surface area (Å²) in [5.74, 6) is -2.26. The molecule has 16 nitrogen and oxygen atoms in total. The van der Waals surface area contributed by atoms with Gasteiger partial charge < -0.3 is 46.3 Å². The van der Waals surface area contributed by atoms with E-state index < -0.39 is 65.3 Å². The second kappa shape index (κ2) is 25.4. The molecule has 4 atom stereocenters. The molecule has 1 fully saturated rings. The van der Waals surface area contributed by atoms with Gasteiger partial charge in [-0.05, 0) is 97.1 Å². The van der Waals surface area contributed by atoms with Gasteiger partial charge >= 0.3 is 12.2 Å². The van der Waals surface area contributed by atoms with Gasteiger partial charge in [0, 0.05) is 45.4 Å². The summed E-state index contributed by atoms with van der Waals surface area (Å²) in [6.07, 6.45) is 1.53. The van der Waals surface area contributed by atoms with E-state index in [4.69, 9.17) is 9.47 Å². The summed E-state index contributed by atoms with van der Waals surface area (Å²) in [4.78, 5) is 96.0. The van der Waals surface area contributed by atoms with Crippen LogP contribution in [0.15, 0.2) is 60.7 Å². The zero-order chi connectivity index (χ0) is 46.6. The highest BCUT2D eigenvalue weighted by atomic mass is 16.6. The van der Waals surface area contributed by atoms with Crippen LogP contribution in [0.2, 0.25) is 0 Å². The first-order valence-electron chi connectivity index (χ1n) is 22.2. The minimum atomic E-state index is -1.17. The van der Waals surface area contributed by atoms with E-state index in [0.717, 1.165) is 11.1 Å². The molecule has 0 saturated carbocycles. The van der Waals surface area contributed by atoms with Crippen molar-refractivity contribution in [3.63, 3.8) is 0 Å². The molecule has 1 aliphatic heterocycles. The molecule has 0 spiro atoms. The van der Waals surface area contributed by atoms with Crippen LogP contribution in [0, 0.1) is 5.92 Å². The van der Waals surface area contributed by atoms with Crippen LogP contribution in [0.4, 0.5) is 9.59 Å². The van der Waals surface area contributed by atoms with Crippen LogP contribution >= 0.6 is 0 Å². The maximum atomic E-state index is 14.4. The van der Waals surface area contributed by atoms with Crippen molar-refractivity contribution in [1.82, 2.24) is 36.8 Å². The number of unbranched alkanes of at least 4 members (excludes halogenated alkanes) is 1. The van der Waals surface area contributed by atoms with E-state index in [9.17, 15) is 33.6 Å². The highest BCUT2D eigenvalue weighted by molar-refractivity contribution is 5.95. The van der Waals surface area contributed by atoms with Crippen LogP contribution < -0.4 is 31.9 Å². The van der Waals surface area contributed by atoms with Crippen molar-refractivity contribution in [1.29, 1.82) is 0 Å². The van der Waals surface area contributed by atoms with Crippen molar-refractivity contribution in [2.45, 2.75) is 149 Å². The summed E-state index contributed by atoms with van der Waals surface area (Å²) >= 11 is 0. The topological polar surface area (TPSA) is 213 Å². The molecule has 0 aromatic heterocycles. The van der Waals surface area contributed by atoms with Crippen LogP contribution in [-0.4, -0.2) is 108 Å². The standard InChI is InChI=1S/C47H71N7O9/c1-32(2)29-36(40(56)50-35(23-15-16-25-49-44(60)62-46(3,4)5)43(59)54-27-17-24-39(55)48-26-18-28-54)51-41(57)37(30-33-19-11-9-12-20-33)52-42(58)38(31-34-21-13-10-14-22-34)53-45(61)63-47(6,7)8/h9-14,19-22,32,35-38H,15-18,23-31H2,1-8H3,(H,48,55)(H,49,60)(H,50,56)(H,51,57)(H,52,58)(H,53,61)/t35-,36-,37-,38-/m1/s1. The summed E-state index contributed by atoms with van der Waals surface area (Å²) < 4.78 is 10.8. The molecular formula is C47H71N7O9. The minimum absolute atomic E-state index is 0.0623. The highest BCUT2D eigenvalue weighted by Gasteiger charge is 2.34. The fourth-order valence-electron chi connectivity index (χ4n) is 6.89. The first-order valence-corrected chi connectivity index (χ1v) is 22.2. The van der Waals surface area contributed by atoms with Crippen molar-refractivity contribution in [3.8, 4) is 0 Å². The molecule has 0 radical (unpaired) electrons. The van der Waals surface area contributed by atoms with E-state index in [1.165, 1.54) is 0 Å². The summed E-state index contributed by atoms with van der Waals surface area (Å²) in [7, 11) is 0. The Kier molecular flexibility index (Phi) is 20.9. The zero-order valence-electron chi connectivity index (χ0n) is 38.5. The number of hydrogen-bond acceptors (Lipinski definition) is 9. The van der Waals surface area contributed by atoms with Gasteiger partial charge in [0.25, 0.3) is 0 Å². The predicted octanol–water partition coefficient (Wildman–Crippen LogP) is 4.69. The maximum absolute atomic E-state index is 14.4. The number of nitrogens with zero attached hydrogens (tertiary/aromatic N) is 1. The third-order valence-electron chi connectivity index (χ3n) is 9.82. The van der Waals surface area contributed by atoms with Gasteiger partial charge in [0.15, 0.2) is 0 Å². The van der Waals surface area contributed by atoms with Gasteiger partial charge in [-0.25, -0.2) is 9.59 Å². The lowest BCUT2D eigenvalue weighted by atomic mass is 9.99. The van der Waals surface area contributed by atoms with E-state index in [-0.39, 0.29) is 49.8 Å². The van der Waals surface area contributed by atoms with Gasteiger partial charge in [0.2, 0.25) is 29.5 Å². The minimum Gasteiger partial charge on any atom is -0.444 e. The Morgan fingerprint density at radius 3 is 1.70 bits per heavy atom. The van der Waals surface area contributed by atoms with Gasteiger partial charge in [0.05, 0.1) is 0 Å². The van der Waals surface area contributed by atoms with Crippen molar-refractivity contribution < 1.29 is 43.0 Å². The Bertz CT molecular complexity index is 1800. The molecule has 348 valence electrons. The number of nitrogens with one attached hydrogen (secondary N) is 6. The molecule has 0 unspecified atom stereocenters. The van der Waals surface area contributed by atoms with E-state index in [1.807, 2.05) is 74.5 Å². The number of alkyl carbamates (subject to hydrolysis) is 2. The maximum Gasteiger partial charge on any atom is 0.408 e. The lowest BCUT2D eigenvalue weighted by Crippen LogP contribution is -2.59. The number of rotatable bonds is 19. The van der Waals surface area contributed by atoms with Crippen molar-refractivity contribution in [3.05, 3.63) is 71.8 Å². The third-order valence-corrected chi connectivity index (χ3v) is 9.82. The number of hydrogen-bond donors (Lipinski definition) is 6. The molecular weight excluding hydrogens is 807 g/mol. The lowest BCUT2D eigenvalue weighted by molar-refractivity contribution is -0.138. The molecule has 1 saturated heterocycles. The summed E-state index contributed by atoms with van der Waals surface area (Å²) in [5.41, 5.74) is 0.0310. The van der Waals surface area contributed by atoms with Crippen molar-refractivity contribution >= 4 is 41.7 Å². The number of carbonyl (C=O) groups excluding carboxylic acids is 7. The third kappa shape index (κ3) is 20.8. The predicted molar refractivity (Wildman–Crippen MR) is 240 cm³/mol. The molecule has 6 N–H and O–H groups in total. The van der Waals surface area contributed by atoms with E-state index in [0.29, 0.717) is 51.9 Å². The van der Waals surface area contributed by atoms with Crippen LogP contribution in [0.25, 0.3) is 0 Å². The van der Waals surface area contributed by atoms with Crippen LogP contribution in [0.5, 0.6) is 0 Å². The Hall–Kier alpha value is -5.67. The molecule has 7 amide bonds. The molecule has 1 heterocycles. The Labute approximate surface area is 373 Å². The molecule has 16 heteroatoms. The number of carbonyl (C=O) groups is 7. The van der Waals surface area contributed by atoms with E-state index >= 15 is 0 Å². The Balaban J connectivity index is 1.87. The van der Waals surface area contributed by atoms with E-state index in [2.05, 4.69) is 31.9 Å². The second-order valence-electron chi connectivity index (χ2n) is 18.4. The average molecular weight is 878 g/mol. The number of benzene rings is 2. The summed E-state index contributed by atoms with van der Waals surface area (Å²) in [6, 6.07) is 13.9. The lowest BCUT2D eigenvalue weighted by Gasteiger charge is -2.30. The fourth-order valence-corrected chi connectivity index (χ4v) is 6.89. The number of ether oxygens (including phenoxy) is 2. The quantitative estimate of drug-likeness (QED) is 0.108. The first-order chi connectivity index (χ1) is 29.7. The largest absolute Gasteiger partial charge is 0.444 e. The molecule has 2 aromatic carbocycles. The normalized spacial score (nSPS) is 15.4. The molecule has 0 bridgehead atoms. The SMILES string of the molecule is CC(C)C[C@@H](NC(=O)[C@@H](Cc1ccccc1)NC(=O)[C@@H](Cc1ccccc1)NC(=O)OC(C)(C)C)C(=O)N[C@H](CCCCNC(=O)OC(C)(C)C)C(=O)N1CCCNC(=O)CCC1. The monoisotopic (exact) mass is 878 g/mol. The molecule has 0 aliphatic carbocycles. The van der Waals surface area contributed by atoms with E-state index in [1.54, 1.807) is 46.4 Å². The fraction of sp³-hybridized carbons (Fsp3) is 0.596. The van der Waals surface area contributed by atoms with Gasteiger partial charge in [-0.1, -0.05) is 74.5 Å². The average Bonchev–Trinajstić information content (AvgIpc) is 3.30.